The third-order valence-corrected chi connectivity index (χ3v) is 9.67. The van der Waals surface area contributed by atoms with E-state index in [-0.39, 0.29) is 26.1 Å². The molecule has 330 valence electrons. The molecule has 0 rings (SSSR count). The first-order valence-electron chi connectivity index (χ1n) is 22.2. The Hall–Kier alpha value is -3.07. The summed E-state index contributed by atoms with van der Waals surface area (Å²) in [5, 5.41) is 2.82. The number of unbranched alkanes of at least 4 members (excludes halogenated alkanes) is 10. The van der Waals surface area contributed by atoms with Crippen LogP contribution in [0.5, 0.6) is 0 Å². The minimum Gasteiger partial charge on any atom is -0.462 e. The molecule has 0 radical (unpaired) electrons. The van der Waals surface area contributed by atoms with Crippen LogP contribution in [0.1, 0.15) is 155 Å². The van der Waals surface area contributed by atoms with Crippen molar-refractivity contribution in [2.45, 2.75) is 161 Å². The Kier molecular flexibility index (Phi) is 41.2. The summed E-state index contributed by atoms with van der Waals surface area (Å²) < 4.78 is 33.2. The normalized spacial score (nSPS) is 14.2. The van der Waals surface area contributed by atoms with Gasteiger partial charge in [0.1, 0.15) is 6.61 Å². The maximum Gasteiger partial charge on any atom is 0.472 e. The molecule has 0 saturated carbocycles. The lowest BCUT2D eigenvalue weighted by atomic mass is 10.1. The number of rotatable bonds is 40. The smallest absolute Gasteiger partial charge is 0.462 e. The third kappa shape index (κ3) is 42.5. The lowest BCUT2D eigenvalue weighted by Crippen LogP contribution is -2.29. The van der Waals surface area contributed by atoms with Crippen molar-refractivity contribution in [3.63, 3.8) is 0 Å². The zero-order valence-corrected chi connectivity index (χ0v) is 37.3. The van der Waals surface area contributed by atoms with E-state index >= 15 is 0 Å². The molecule has 0 heterocycles. The van der Waals surface area contributed by atoms with Crippen molar-refractivity contribution in [3.8, 4) is 0 Å². The molecule has 0 aliphatic carbocycles. The first-order valence-corrected chi connectivity index (χ1v) is 23.7. The van der Waals surface area contributed by atoms with Crippen molar-refractivity contribution in [1.29, 1.82) is 0 Å². The first kappa shape index (κ1) is 54.9. The Morgan fingerprint density at radius 3 is 1.47 bits per heavy atom. The highest BCUT2D eigenvalue weighted by Gasteiger charge is 2.26. The Bertz CT molecular complexity index is 1270. The van der Waals surface area contributed by atoms with Crippen molar-refractivity contribution < 1.29 is 37.6 Å². The lowest BCUT2D eigenvalue weighted by molar-refractivity contribution is -0.161. The summed E-state index contributed by atoms with van der Waals surface area (Å²) in [6.45, 7) is 3.99. The second-order valence-corrected chi connectivity index (χ2v) is 15.6. The van der Waals surface area contributed by atoms with Crippen LogP contribution in [0.4, 0.5) is 0 Å². The largest absolute Gasteiger partial charge is 0.472 e. The van der Waals surface area contributed by atoms with E-state index in [0.29, 0.717) is 19.4 Å². The van der Waals surface area contributed by atoms with Crippen LogP contribution in [0.2, 0.25) is 0 Å². The molecule has 0 bridgehead atoms. The number of esters is 2. The molecule has 58 heavy (non-hydrogen) atoms. The van der Waals surface area contributed by atoms with Crippen LogP contribution < -0.4 is 5.32 Å². The highest BCUT2D eigenvalue weighted by Crippen LogP contribution is 2.43. The molecule has 0 amide bonds. The van der Waals surface area contributed by atoms with Crippen molar-refractivity contribution in [2.24, 2.45) is 0 Å². The van der Waals surface area contributed by atoms with Crippen LogP contribution in [-0.2, 0) is 32.7 Å². The highest BCUT2D eigenvalue weighted by atomic mass is 31.2. The summed E-state index contributed by atoms with van der Waals surface area (Å²) in [5.41, 5.74) is 0. The number of phosphoric acid groups is 1. The zero-order valence-electron chi connectivity index (χ0n) is 36.5. The Balaban J connectivity index is 4.35. The summed E-state index contributed by atoms with van der Waals surface area (Å²) >= 11 is 0. The molecule has 10 heteroatoms. The van der Waals surface area contributed by atoms with Crippen molar-refractivity contribution in [1.82, 2.24) is 5.32 Å². The molecule has 2 atom stereocenters. The first-order chi connectivity index (χ1) is 28.3. The van der Waals surface area contributed by atoms with E-state index in [1.165, 1.54) is 25.7 Å². The molecular weight excluding hydrogens is 750 g/mol. The van der Waals surface area contributed by atoms with Gasteiger partial charge in [0.05, 0.1) is 13.2 Å². The predicted octanol–water partition coefficient (Wildman–Crippen LogP) is 12.9. The number of allylic oxidation sites excluding steroid dienone is 16. The number of nitrogens with one attached hydrogen (secondary N) is 1. The molecule has 0 aromatic heterocycles. The van der Waals surface area contributed by atoms with Gasteiger partial charge in [-0.05, 0) is 103 Å². The Morgan fingerprint density at radius 2 is 0.983 bits per heavy atom. The molecule has 2 unspecified atom stereocenters. The third-order valence-electron chi connectivity index (χ3n) is 8.69. The molecule has 0 aliphatic heterocycles. The second kappa shape index (κ2) is 43.5. The van der Waals surface area contributed by atoms with Gasteiger partial charge in [0.15, 0.2) is 6.10 Å². The number of phosphoric ester groups is 1. The zero-order chi connectivity index (χ0) is 42.5. The second-order valence-electron chi connectivity index (χ2n) is 14.1. The van der Waals surface area contributed by atoms with Gasteiger partial charge in [-0.1, -0.05) is 143 Å². The fourth-order valence-corrected chi connectivity index (χ4v) is 6.10. The van der Waals surface area contributed by atoms with Gasteiger partial charge in [-0.2, -0.15) is 0 Å². The summed E-state index contributed by atoms with van der Waals surface area (Å²) in [4.78, 5) is 35.1. The van der Waals surface area contributed by atoms with Crippen LogP contribution in [0.15, 0.2) is 97.2 Å². The van der Waals surface area contributed by atoms with E-state index < -0.39 is 32.5 Å². The number of ether oxygens (including phenoxy) is 2. The number of carbonyl (C=O) groups is 2. The van der Waals surface area contributed by atoms with Gasteiger partial charge in [-0.3, -0.25) is 18.6 Å². The maximum atomic E-state index is 12.6. The van der Waals surface area contributed by atoms with Gasteiger partial charge < -0.3 is 19.7 Å². The van der Waals surface area contributed by atoms with Crippen molar-refractivity contribution in [3.05, 3.63) is 97.2 Å². The summed E-state index contributed by atoms with van der Waals surface area (Å²) in [7, 11) is -2.68. The van der Waals surface area contributed by atoms with E-state index in [4.69, 9.17) is 18.5 Å². The van der Waals surface area contributed by atoms with E-state index in [1.54, 1.807) is 7.05 Å². The fraction of sp³-hybridized carbons (Fsp3) is 0.625. The maximum absolute atomic E-state index is 12.6. The van der Waals surface area contributed by atoms with Crippen LogP contribution in [0, 0.1) is 0 Å². The molecular formula is C48H80NO8P. The van der Waals surface area contributed by atoms with Crippen LogP contribution >= 0.6 is 7.82 Å². The average Bonchev–Trinajstić information content (AvgIpc) is 3.21. The molecule has 9 nitrogen and oxygen atoms in total. The molecule has 0 aromatic rings. The van der Waals surface area contributed by atoms with Gasteiger partial charge in [-0.25, -0.2) is 4.57 Å². The van der Waals surface area contributed by atoms with Crippen LogP contribution in [0.25, 0.3) is 0 Å². The minimum absolute atomic E-state index is 0.0335. The summed E-state index contributed by atoms with van der Waals surface area (Å²) in [6, 6.07) is 0. The highest BCUT2D eigenvalue weighted by molar-refractivity contribution is 7.47. The number of likely N-dealkylation sites (N-methyl/N-ethyl adjacent to an activating group) is 1. The van der Waals surface area contributed by atoms with E-state index in [2.05, 4.69) is 116 Å². The molecule has 0 aromatic carbocycles. The van der Waals surface area contributed by atoms with Crippen LogP contribution in [-0.4, -0.2) is 56.3 Å². The summed E-state index contributed by atoms with van der Waals surface area (Å²) in [5.74, 6) is -0.881. The van der Waals surface area contributed by atoms with E-state index in [9.17, 15) is 19.0 Å². The summed E-state index contributed by atoms with van der Waals surface area (Å²) in [6.07, 6.45) is 54.5. The molecule has 0 aliphatic rings. The van der Waals surface area contributed by atoms with Gasteiger partial charge in [0.2, 0.25) is 0 Å². The van der Waals surface area contributed by atoms with Crippen molar-refractivity contribution >= 4 is 19.8 Å². The lowest BCUT2D eigenvalue weighted by Gasteiger charge is -2.20. The molecule has 2 N–H and O–H groups in total. The SMILES string of the molecule is CC/C=C\C/C=C\C/C=C\C/C=C\CCCCCCC(=O)OCC(COP(=O)(O)OCCNC)OC(=O)CCCCC/C=C\C/C=C\C/C=C\C/C=C\CCCCC. The monoisotopic (exact) mass is 830 g/mol. The van der Waals surface area contributed by atoms with E-state index in [0.717, 1.165) is 89.9 Å². The quantitative estimate of drug-likeness (QED) is 0.0269. The van der Waals surface area contributed by atoms with Gasteiger partial charge >= 0.3 is 19.8 Å². The number of hydrogen-bond donors (Lipinski definition) is 2. The topological polar surface area (TPSA) is 120 Å². The fourth-order valence-electron chi connectivity index (χ4n) is 5.35. The predicted molar refractivity (Wildman–Crippen MR) is 243 cm³/mol. The Labute approximate surface area is 353 Å². The molecule has 0 spiro atoms. The average molecular weight is 830 g/mol. The van der Waals surface area contributed by atoms with Gasteiger partial charge in [0, 0.05) is 19.4 Å². The molecule has 0 saturated heterocycles. The minimum atomic E-state index is -4.37. The molecule has 0 fully saturated rings. The van der Waals surface area contributed by atoms with Gasteiger partial charge in [0.25, 0.3) is 0 Å². The van der Waals surface area contributed by atoms with Crippen molar-refractivity contribution in [2.75, 3.05) is 33.4 Å². The van der Waals surface area contributed by atoms with Gasteiger partial charge in [-0.15, -0.1) is 0 Å². The number of carbonyl (C=O) groups excluding carboxylic acids is 2. The van der Waals surface area contributed by atoms with Crippen LogP contribution in [0.3, 0.4) is 0 Å². The standard InChI is InChI=1S/C48H80NO8P/c1-4-6-8-10-12-14-16-18-20-22-23-25-27-29-31-33-35-37-39-41-48(51)57-46(45-56-58(52,53)55-43-42-49-3)44-54-47(50)40-38-36-34-32-30-28-26-24-21-19-17-15-13-11-9-7-5-2/h7,9,12-15,18-21,23,25-26,28-29,31,46,49H,4-6,8,10-11,16-17,22,24,27,30,32-45H2,1-3H3,(H,52,53)/b9-7-,14-12-,15-13-,20-18-,21-19-,25-23-,28-26-,31-29-. The number of hydrogen-bond acceptors (Lipinski definition) is 8. The van der Waals surface area contributed by atoms with E-state index in [1.807, 2.05) is 0 Å². The Morgan fingerprint density at radius 1 is 0.552 bits per heavy atom.